The minimum absolute atomic E-state index is 0.00674. The van der Waals surface area contributed by atoms with E-state index in [1.165, 1.54) is 25.3 Å². The van der Waals surface area contributed by atoms with Crippen LogP contribution in [-0.4, -0.2) is 49.6 Å². The van der Waals surface area contributed by atoms with Gasteiger partial charge in [0.25, 0.3) is 10.0 Å². The Morgan fingerprint density at radius 1 is 1.12 bits per heavy atom. The lowest BCUT2D eigenvalue weighted by Crippen LogP contribution is -2.36. The van der Waals surface area contributed by atoms with Gasteiger partial charge in [-0.15, -0.1) is 0 Å². The van der Waals surface area contributed by atoms with Crippen LogP contribution in [-0.2, 0) is 21.4 Å². The summed E-state index contributed by atoms with van der Waals surface area (Å²) in [6.45, 7) is 3.89. The molecule has 0 atom stereocenters. The van der Waals surface area contributed by atoms with Crippen LogP contribution in [0.5, 0.6) is 11.6 Å². The molecule has 0 aliphatic carbocycles. The standard InChI is InChI=1S/C22H21F3N2O5S/c1-14-7-8-18(31-2)19(11-14)33(29,30)27-17-6-3-5-15(13-26-9-4-10-26)16(17)12-20(27)32-21(28)22(23,24)25/h3,5-8,11-12H,4,9-10,13H2,1-2H3. The summed E-state index contributed by atoms with van der Waals surface area (Å²) in [5.41, 5.74) is 1.40. The normalized spacial score (nSPS) is 14.8. The van der Waals surface area contributed by atoms with Crippen molar-refractivity contribution >= 4 is 26.9 Å². The first-order valence-corrected chi connectivity index (χ1v) is 11.5. The van der Waals surface area contributed by atoms with E-state index < -0.39 is 28.0 Å². The number of likely N-dealkylation sites (tertiary alicyclic amines) is 1. The molecule has 2 aromatic carbocycles. The first kappa shape index (κ1) is 23.1. The van der Waals surface area contributed by atoms with Crippen molar-refractivity contribution in [2.75, 3.05) is 20.2 Å². The quantitative estimate of drug-likeness (QED) is 0.497. The Hall–Kier alpha value is -3.05. The summed E-state index contributed by atoms with van der Waals surface area (Å²) in [5, 5.41) is 0.379. The SMILES string of the molecule is COc1ccc(C)cc1S(=O)(=O)n1c(OC(=O)C(F)(F)F)cc2c(CN3CCC3)cccc21. The van der Waals surface area contributed by atoms with Crippen molar-refractivity contribution in [3.8, 4) is 11.6 Å². The van der Waals surface area contributed by atoms with Crippen LogP contribution in [0.1, 0.15) is 17.5 Å². The van der Waals surface area contributed by atoms with E-state index in [9.17, 15) is 26.4 Å². The molecule has 1 saturated heterocycles. The predicted octanol–water partition coefficient (Wildman–Crippen LogP) is 3.87. The number of halogens is 3. The highest BCUT2D eigenvalue weighted by Gasteiger charge is 2.43. The summed E-state index contributed by atoms with van der Waals surface area (Å²) in [7, 11) is -3.23. The van der Waals surface area contributed by atoms with E-state index >= 15 is 0 Å². The molecule has 7 nitrogen and oxygen atoms in total. The highest BCUT2D eigenvalue weighted by Crippen LogP contribution is 2.37. The van der Waals surface area contributed by atoms with Gasteiger partial charge in [0.1, 0.15) is 10.6 Å². The van der Waals surface area contributed by atoms with Crippen molar-refractivity contribution in [3.05, 3.63) is 53.6 Å². The second-order valence-corrected chi connectivity index (χ2v) is 9.53. The maximum absolute atomic E-state index is 13.7. The molecule has 0 N–H and O–H groups in total. The Morgan fingerprint density at radius 3 is 2.45 bits per heavy atom. The van der Waals surface area contributed by atoms with Crippen LogP contribution < -0.4 is 9.47 Å². The number of esters is 1. The van der Waals surface area contributed by atoms with Gasteiger partial charge in [0, 0.05) is 18.0 Å². The summed E-state index contributed by atoms with van der Waals surface area (Å²) in [6.07, 6.45) is -4.26. The number of ether oxygens (including phenoxy) is 2. The lowest BCUT2D eigenvalue weighted by atomic mass is 10.1. The lowest BCUT2D eigenvalue weighted by Gasteiger charge is -2.30. The summed E-state index contributed by atoms with van der Waals surface area (Å²) in [4.78, 5) is 13.5. The molecule has 1 aliphatic rings. The van der Waals surface area contributed by atoms with Gasteiger partial charge >= 0.3 is 12.1 Å². The molecular weight excluding hydrogens is 461 g/mol. The molecule has 176 valence electrons. The molecule has 0 bridgehead atoms. The number of aromatic nitrogens is 1. The third kappa shape index (κ3) is 4.30. The molecule has 0 radical (unpaired) electrons. The van der Waals surface area contributed by atoms with Crippen molar-refractivity contribution in [1.82, 2.24) is 8.87 Å². The fourth-order valence-electron chi connectivity index (χ4n) is 3.72. The second-order valence-electron chi connectivity index (χ2n) is 7.77. The van der Waals surface area contributed by atoms with Crippen molar-refractivity contribution in [3.63, 3.8) is 0 Å². The number of aryl methyl sites for hydroxylation is 1. The average Bonchev–Trinajstić information content (AvgIpc) is 3.09. The molecule has 0 saturated carbocycles. The Labute approximate surface area is 188 Å². The molecule has 4 rings (SSSR count). The number of nitrogens with zero attached hydrogens (tertiary/aromatic N) is 2. The van der Waals surface area contributed by atoms with Crippen LogP contribution in [0.2, 0.25) is 0 Å². The highest BCUT2D eigenvalue weighted by molar-refractivity contribution is 7.90. The van der Waals surface area contributed by atoms with E-state index in [-0.39, 0.29) is 16.2 Å². The second kappa shape index (κ2) is 8.38. The van der Waals surface area contributed by atoms with Gasteiger partial charge in [-0.05, 0) is 55.8 Å². The summed E-state index contributed by atoms with van der Waals surface area (Å²) < 4.78 is 76.6. The molecule has 0 amide bonds. The highest BCUT2D eigenvalue weighted by atomic mass is 32.2. The largest absolute Gasteiger partial charge is 0.495 e. The summed E-state index contributed by atoms with van der Waals surface area (Å²) in [6, 6.07) is 10.4. The maximum Gasteiger partial charge on any atom is 0.491 e. The minimum atomic E-state index is -5.30. The monoisotopic (exact) mass is 482 g/mol. The number of carbonyl (C=O) groups is 1. The molecular formula is C22H21F3N2O5S. The molecule has 0 spiro atoms. The van der Waals surface area contributed by atoms with Gasteiger partial charge in [0.2, 0.25) is 5.88 Å². The van der Waals surface area contributed by atoms with Gasteiger partial charge in [-0.2, -0.15) is 13.2 Å². The van der Waals surface area contributed by atoms with E-state index in [4.69, 9.17) is 4.74 Å². The van der Waals surface area contributed by atoms with E-state index in [2.05, 4.69) is 9.64 Å². The van der Waals surface area contributed by atoms with Crippen molar-refractivity contribution in [2.24, 2.45) is 0 Å². The number of alkyl halides is 3. The smallest absolute Gasteiger partial charge is 0.491 e. The minimum Gasteiger partial charge on any atom is -0.495 e. The van der Waals surface area contributed by atoms with Crippen LogP contribution in [0.4, 0.5) is 13.2 Å². The van der Waals surface area contributed by atoms with Crippen molar-refractivity contribution in [1.29, 1.82) is 0 Å². The number of rotatable bonds is 6. The average molecular weight is 482 g/mol. The fraction of sp³-hybridized carbons (Fsp3) is 0.318. The molecule has 11 heteroatoms. The molecule has 33 heavy (non-hydrogen) atoms. The Balaban J connectivity index is 1.95. The fourth-order valence-corrected chi connectivity index (χ4v) is 5.40. The van der Waals surface area contributed by atoms with Crippen LogP contribution in [0.25, 0.3) is 10.9 Å². The van der Waals surface area contributed by atoms with Gasteiger partial charge in [0.15, 0.2) is 0 Å². The zero-order valence-electron chi connectivity index (χ0n) is 17.8. The maximum atomic E-state index is 13.7. The summed E-state index contributed by atoms with van der Waals surface area (Å²) in [5.74, 6) is -3.25. The van der Waals surface area contributed by atoms with Gasteiger partial charge in [-0.25, -0.2) is 17.2 Å². The third-order valence-electron chi connectivity index (χ3n) is 5.47. The van der Waals surface area contributed by atoms with Gasteiger partial charge in [-0.1, -0.05) is 18.2 Å². The van der Waals surface area contributed by atoms with Crippen LogP contribution >= 0.6 is 0 Å². The van der Waals surface area contributed by atoms with Crippen molar-refractivity contribution in [2.45, 2.75) is 31.0 Å². The molecule has 3 aromatic rings. The molecule has 0 unspecified atom stereocenters. The molecule has 1 fully saturated rings. The molecule has 1 aliphatic heterocycles. The zero-order chi connectivity index (χ0) is 24.0. The number of benzene rings is 2. The van der Waals surface area contributed by atoms with Crippen LogP contribution in [0.15, 0.2) is 47.4 Å². The number of hydrogen-bond acceptors (Lipinski definition) is 6. The van der Waals surface area contributed by atoms with E-state index in [0.29, 0.717) is 27.0 Å². The van der Waals surface area contributed by atoms with Crippen LogP contribution in [0, 0.1) is 6.92 Å². The van der Waals surface area contributed by atoms with Gasteiger partial charge in [0.05, 0.1) is 12.6 Å². The molecule has 1 aromatic heterocycles. The third-order valence-corrected chi connectivity index (χ3v) is 7.20. The lowest BCUT2D eigenvalue weighted by molar-refractivity contribution is -0.190. The van der Waals surface area contributed by atoms with Crippen LogP contribution in [0.3, 0.4) is 0 Å². The predicted molar refractivity (Wildman–Crippen MR) is 114 cm³/mol. The number of fused-ring (bicyclic) bond motifs is 1. The number of carbonyl (C=O) groups excluding carboxylic acids is 1. The topological polar surface area (TPSA) is 77.8 Å². The van der Waals surface area contributed by atoms with E-state index in [0.717, 1.165) is 25.6 Å². The van der Waals surface area contributed by atoms with Gasteiger partial charge < -0.3 is 9.47 Å². The van der Waals surface area contributed by atoms with Gasteiger partial charge in [-0.3, -0.25) is 4.90 Å². The Morgan fingerprint density at radius 2 is 1.85 bits per heavy atom. The first-order valence-electron chi connectivity index (χ1n) is 10.1. The first-order chi connectivity index (χ1) is 15.5. The summed E-state index contributed by atoms with van der Waals surface area (Å²) >= 11 is 0. The zero-order valence-corrected chi connectivity index (χ0v) is 18.7. The van der Waals surface area contributed by atoms with Crippen molar-refractivity contribution < 1.29 is 35.9 Å². The number of hydrogen-bond donors (Lipinski definition) is 0. The van der Waals surface area contributed by atoms with E-state index in [1.807, 2.05) is 0 Å². The Bertz CT molecular complexity index is 1330. The Kier molecular flexibility index (Phi) is 5.87. The van der Waals surface area contributed by atoms with E-state index in [1.54, 1.807) is 25.1 Å². The molecule has 2 heterocycles. The number of methoxy groups -OCH3 is 1.